The average molecular weight is 510 g/mol. The summed E-state index contributed by atoms with van der Waals surface area (Å²) in [6, 6.07) is 0.513. The second kappa shape index (κ2) is 11.2. The van der Waals surface area contributed by atoms with Crippen molar-refractivity contribution >= 4 is 17.5 Å². The van der Waals surface area contributed by atoms with E-state index < -0.39 is 0 Å². The molecular formula is C25H43N5O4S. The lowest BCUT2D eigenvalue weighted by Crippen LogP contribution is -2.66. The number of ether oxygens (including phenoxy) is 2. The normalized spacial score (nSPS) is 46.1. The lowest BCUT2D eigenvalue weighted by molar-refractivity contribution is -0.170. The Morgan fingerprint density at radius 3 is 2.63 bits per heavy atom. The van der Waals surface area contributed by atoms with Crippen molar-refractivity contribution in [2.45, 2.75) is 87.1 Å². The highest BCUT2D eigenvalue weighted by Gasteiger charge is 2.50. The van der Waals surface area contributed by atoms with Gasteiger partial charge in [0.05, 0.1) is 36.8 Å². The van der Waals surface area contributed by atoms with Gasteiger partial charge in [-0.2, -0.15) is 0 Å². The summed E-state index contributed by atoms with van der Waals surface area (Å²) in [5.74, 6) is 2.61. The van der Waals surface area contributed by atoms with Crippen molar-refractivity contribution in [3.63, 3.8) is 0 Å². The topological polar surface area (TPSA) is 98.3 Å². The maximum Gasteiger partial charge on any atom is 0.152 e. The molecule has 0 aromatic heterocycles. The molecule has 10 heteroatoms. The van der Waals surface area contributed by atoms with E-state index in [4.69, 9.17) is 9.47 Å². The van der Waals surface area contributed by atoms with Crippen LogP contribution in [0.2, 0.25) is 0 Å². The summed E-state index contributed by atoms with van der Waals surface area (Å²) in [7, 11) is 0. The SMILES string of the molecule is O=C1CC(N2CCOCC2)OC2C1SCC2C1CCC(NC2NCCC(N3CCC(O)C3)N2)CC1. The number of aliphatic hydroxyl groups is 1. The maximum atomic E-state index is 13.0. The van der Waals surface area contributed by atoms with Crippen molar-refractivity contribution < 1.29 is 19.4 Å². The van der Waals surface area contributed by atoms with Crippen molar-refractivity contribution in [1.29, 1.82) is 0 Å². The van der Waals surface area contributed by atoms with Crippen molar-refractivity contribution in [1.82, 2.24) is 25.8 Å². The monoisotopic (exact) mass is 509 g/mol. The fourth-order valence-corrected chi connectivity index (χ4v) is 8.80. The van der Waals surface area contributed by atoms with Gasteiger partial charge in [-0.05, 0) is 56.1 Å². The molecule has 0 spiro atoms. The minimum Gasteiger partial charge on any atom is -0.392 e. The summed E-state index contributed by atoms with van der Waals surface area (Å²) in [6.45, 7) is 5.98. The first-order valence-electron chi connectivity index (χ1n) is 13.9. The molecule has 5 aliphatic heterocycles. The van der Waals surface area contributed by atoms with E-state index in [9.17, 15) is 9.90 Å². The minimum absolute atomic E-state index is 0.0461. The maximum absolute atomic E-state index is 13.0. The summed E-state index contributed by atoms with van der Waals surface area (Å²) < 4.78 is 12.2. The second-order valence-corrected chi connectivity index (χ2v) is 12.5. The largest absolute Gasteiger partial charge is 0.392 e. The van der Waals surface area contributed by atoms with Crippen LogP contribution < -0.4 is 16.0 Å². The number of carbonyl (C=O) groups is 1. The van der Waals surface area contributed by atoms with Crippen LogP contribution in [0.15, 0.2) is 0 Å². The molecular weight excluding hydrogens is 466 g/mol. The van der Waals surface area contributed by atoms with Gasteiger partial charge in [0.15, 0.2) is 5.78 Å². The van der Waals surface area contributed by atoms with Crippen LogP contribution in [0.5, 0.6) is 0 Å². The first-order valence-corrected chi connectivity index (χ1v) is 15.0. The molecule has 6 fully saturated rings. The predicted octanol–water partition coefficient (Wildman–Crippen LogP) is 0.142. The third-order valence-corrected chi connectivity index (χ3v) is 10.7. The molecule has 7 atom stereocenters. The third-order valence-electron chi connectivity index (χ3n) is 9.19. The number of β-amino-alcohol motifs (C(OH)–C–C–N with tert-alkyl or cyclic N) is 1. The standard InChI is InChI=1S/C25H43N5O4S/c31-18-6-8-30(14-18)21-5-7-26-25(28-21)27-17-3-1-16(2-4-17)19-15-35-24-20(32)13-22(34-23(19)24)29-9-11-33-12-10-29/h16-19,21-28,31H,1-15H2. The van der Waals surface area contributed by atoms with Gasteiger partial charge in [-0.15, -0.1) is 11.8 Å². The number of hydrogen-bond acceptors (Lipinski definition) is 10. The third kappa shape index (κ3) is 5.61. The molecule has 7 unspecified atom stereocenters. The summed E-state index contributed by atoms with van der Waals surface area (Å²) in [6.07, 6.45) is 7.60. The van der Waals surface area contributed by atoms with Crippen LogP contribution in [0.1, 0.15) is 44.9 Å². The summed E-state index contributed by atoms with van der Waals surface area (Å²) in [5.41, 5.74) is 0. The lowest BCUT2D eigenvalue weighted by Gasteiger charge is -2.43. The number of nitrogens with one attached hydrogen (secondary N) is 3. The second-order valence-electron chi connectivity index (χ2n) is 11.4. The molecule has 1 aliphatic carbocycles. The van der Waals surface area contributed by atoms with Crippen molar-refractivity contribution in [2.75, 3.05) is 51.7 Å². The van der Waals surface area contributed by atoms with E-state index in [2.05, 4.69) is 25.8 Å². The zero-order valence-electron chi connectivity index (χ0n) is 20.8. The van der Waals surface area contributed by atoms with Gasteiger partial charge in [-0.1, -0.05) is 0 Å². The first-order chi connectivity index (χ1) is 17.1. The fraction of sp³-hybridized carbons (Fsp3) is 0.960. The Kier molecular flexibility index (Phi) is 8.01. The van der Waals surface area contributed by atoms with E-state index in [1.54, 1.807) is 0 Å². The number of carbonyl (C=O) groups excluding carboxylic acids is 1. The number of aliphatic hydroxyl groups excluding tert-OH is 1. The van der Waals surface area contributed by atoms with Crippen molar-refractivity contribution in [3.05, 3.63) is 0 Å². The Labute approximate surface area is 213 Å². The Balaban J connectivity index is 0.993. The molecule has 1 saturated carbocycles. The van der Waals surface area contributed by atoms with Gasteiger partial charge < -0.3 is 14.6 Å². The molecule has 0 bridgehead atoms. The van der Waals surface area contributed by atoms with E-state index in [1.165, 1.54) is 25.7 Å². The highest BCUT2D eigenvalue weighted by Crippen LogP contribution is 2.46. The Morgan fingerprint density at radius 2 is 1.86 bits per heavy atom. The molecule has 0 amide bonds. The van der Waals surface area contributed by atoms with Gasteiger partial charge in [0.2, 0.25) is 0 Å². The Hall–Kier alpha value is -0.300. The Morgan fingerprint density at radius 1 is 1.03 bits per heavy atom. The van der Waals surface area contributed by atoms with E-state index in [0.29, 0.717) is 36.2 Å². The average Bonchev–Trinajstić information content (AvgIpc) is 3.52. The van der Waals surface area contributed by atoms with Gasteiger partial charge in [-0.25, -0.2) is 0 Å². The molecule has 4 N–H and O–H groups in total. The molecule has 0 aromatic rings. The van der Waals surface area contributed by atoms with Crippen LogP contribution in [-0.4, -0.2) is 115 Å². The van der Waals surface area contributed by atoms with Gasteiger partial charge in [0.1, 0.15) is 12.5 Å². The number of hydrogen-bond donors (Lipinski definition) is 4. The van der Waals surface area contributed by atoms with Crippen LogP contribution in [-0.2, 0) is 14.3 Å². The van der Waals surface area contributed by atoms with E-state index in [1.807, 2.05) is 11.8 Å². The van der Waals surface area contributed by atoms with Gasteiger partial charge >= 0.3 is 0 Å². The van der Waals surface area contributed by atoms with E-state index in [-0.39, 0.29) is 30.0 Å². The molecule has 198 valence electrons. The van der Waals surface area contributed by atoms with Gasteiger partial charge in [0.25, 0.3) is 0 Å². The minimum atomic E-state index is -0.172. The van der Waals surface area contributed by atoms with Crippen molar-refractivity contribution in [3.8, 4) is 0 Å². The molecule has 9 nitrogen and oxygen atoms in total. The Bertz CT molecular complexity index is 735. The number of ketones is 1. The number of morpholine rings is 1. The lowest BCUT2D eigenvalue weighted by atomic mass is 9.75. The number of fused-ring (bicyclic) bond motifs is 1. The highest BCUT2D eigenvalue weighted by atomic mass is 32.2. The smallest absolute Gasteiger partial charge is 0.152 e. The van der Waals surface area contributed by atoms with Gasteiger partial charge in [0, 0.05) is 45.2 Å². The number of nitrogens with zero attached hydrogens (tertiary/aromatic N) is 2. The number of rotatable bonds is 5. The van der Waals surface area contributed by atoms with Crippen LogP contribution in [0.25, 0.3) is 0 Å². The molecule has 0 radical (unpaired) electrons. The van der Waals surface area contributed by atoms with E-state index >= 15 is 0 Å². The highest BCUT2D eigenvalue weighted by molar-refractivity contribution is 8.01. The van der Waals surface area contributed by atoms with Crippen LogP contribution >= 0.6 is 11.8 Å². The summed E-state index contributed by atoms with van der Waals surface area (Å²) in [4.78, 5) is 17.7. The molecule has 5 saturated heterocycles. The molecule has 6 rings (SSSR count). The molecule has 5 heterocycles. The van der Waals surface area contributed by atoms with E-state index in [0.717, 1.165) is 64.5 Å². The van der Waals surface area contributed by atoms with Gasteiger partial charge in [-0.3, -0.25) is 30.5 Å². The summed E-state index contributed by atoms with van der Waals surface area (Å²) >= 11 is 1.85. The molecule has 0 aromatic carbocycles. The molecule has 35 heavy (non-hydrogen) atoms. The first kappa shape index (κ1) is 25.0. The zero-order valence-corrected chi connectivity index (χ0v) is 21.6. The number of likely N-dealkylation sites (tertiary alicyclic amines) is 1. The summed E-state index contributed by atoms with van der Waals surface area (Å²) in [5, 5.41) is 21.1. The van der Waals surface area contributed by atoms with Crippen LogP contribution in [0, 0.1) is 11.8 Å². The van der Waals surface area contributed by atoms with Crippen LogP contribution in [0.3, 0.4) is 0 Å². The zero-order chi connectivity index (χ0) is 23.8. The number of thioether (sulfide) groups is 1. The number of Topliss-reactive ketones (excluding diaryl/α,β-unsaturated/α-hetero) is 1. The van der Waals surface area contributed by atoms with Crippen molar-refractivity contribution in [2.24, 2.45) is 11.8 Å². The fourth-order valence-electron chi connectivity index (χ4n) is 7.18. The van der Waals surface area contributed by atoms with Crippen LogP contribution in [0.4, 0.5) is 0 Å². The molecule has 6 aliphatic rings. The predicted molar refractivity (Wildman–Crippen MR) is 135 cm³/mol. The quantitative estimate of drug-likeness (QED) is 0.410.